The van der Waals surface area contributed by atoms with Gasteiger partial charge in [0.15, 0.2) is 0 Å². The van der Waals surface area contributed by atoms with Gasteiger partial charge in [-0.25, -0.2) is 0 Å². The fourth-order valence-electron chi connectivity index (χ4n) is 2.79. The van der Waals surface area contributed by atoms with Crippen molar-refractivity contribution in [1.29, 1.82) is 0 Å². The van der Waals surface area contributed by atoms with Crippen LogP contribution in [0.15, 0.2) is 22.7 Å². The first-order chi connectivity index (χ1) is 8.63. The number of hydrogen-bond acceptors (Lipinski definition) is 2. The van der Waals surface area contributed by atoms with E-state index in [-0.39, 0.29) is 6.04 Å². The van der Waals surface area contributed by atoms with E-state index in [1.54, 1.807) is 0 Å². The van der Waals surface area contributed by atoms with Gasteiger partial charge in [0.2, 0.25) is 0 Å². The van der Waals surface area contributed by atoms with Crippen molar-refractivity contribution in [2.75, 3.05) is 13.1 Å². The molecule has 0 radical (unpaired) electrons. The number of nitrogens with two attached hydrogens (primary N) is 1. The van der Waals surface area contributed by atoms with Gasteiger partial charge in [0.05, 0.1) is 6.04 Å². The smallest absolute Gasteiger partial charge is 0.0510 e. The van der Waals surface area contributed by atoms with Crippen LogP contribution in [0.4, 0.5) is 0 Å². The zero-order valence-electron chi connectivity index (χ0n) is 10.7. The first-order valence-corrected chi connectivity index (χ1v) is 7.75. The molecule has 1 heterocycles. The van der Waals surface area contributed by atoms with E-state index >= 15 is 0 Å². The molecule has 1 aromatic carbocycles. The summed E-state index contributed by atoms with van der Waals surface area (Å²) in [6.07, 6.45) is 3.55. The molecule has 2 rings (SSSR count). The Balaban J connectivity index is 2.36. The van der Waals surface area contributed by atoms with Crippen LogP contribution < -0.4 is 5.73 Å². The molecule has 2 atom stereocenters. The molecule has 1 saturated heterocycles. The summed E-state index contributed by atoms with van der Waals surface area (Å²) in [7, 11) is 0. The van der Waals surface area contributed by atoms with Gasteiger partial charge in [0, 0.05) is 15.5 Å². The van der Waals surface area contributed by atoms with Crippen LogP contribution in [0.1, 0.15) is 37.8 Å². The Morgan fingerprint density at radius 3 is 2.89 bits per heavy atom. The van der Waals surface area contributed by atoms with Crippen molar-refractivity contribution in [3.05, 3.63) is 33.3 Å². The van der Waals surface area contributed by atoms with E-state index in [1.807, 2.05) is 12.1 Å². The fourth-order valence-corrected chi connectivity index (χ4v) is 3.70. The number of likely N-dealkylation sites (tertiary alicyclic amines) is 1. The Kier molecular flexibility index (Phi) is 5.07. The third-order valence-corrected chi connectivity index (χ3v) is 4.64. The van der Waals surface area contributed by atoms with Gasteiger partial charge in [-0.3, -0.25) is 4.90 Å². The number of nitrogens with zero attached hydrogens (tertiary/aromatic N) is 1. The monoisotopic (exact) mass is 330 g/mol. The lowest BCUT2D eigenvalue weighted by molar-refractivity contribution is 0.195. The summed E-state index contributed by atoms with van der Waals surface area (Å²) in [5, 5.41) is 0.760. The van der Waals surface area contributed by atoms with E-state index in [1.165, 1.54) is 18.4 Å². The molecular weight excluding hydrogens is 312 g/mol. The number of halogens is 2. The molecule has 2 N–H and O–H groups in total. The SMILES string of the molecule is CCN1CCCCC(N)C1c1ccc(Cl)cc1Br. The van der Waals surface area contributed by atoms with Crippen molar-refractivity contribution in [3.8, 4) is 0 Å². The highest BCUT2D eigenvalue weighted by molar-refractivity contribution is 9.10. The van der Waals surface area contributed by atoms with Gasteiger partial charge in [-0.2, -0.15) is 0 Å². The lowest BCUT2D eigenvalue weighted by Gasteiger charge is -2.33. The van der Waals surface area contributed by atoms with Crippen LogP contribution in [-0.2, 0) is 0 Å². The van der Waals surface area contributed by atoms with Crippen LogP contribution in [0.2, 0.25) is 5.02 Å². The van der Waals surface area contributed by atoms with Gasteiger partial charge in [-0.1, -0.05) is 46.9 Å². The van der Waals surface area contributed by atoms with Gasteiger partial charge < -0.3 is 5.73 Å². The third kappa shape index (κ3) is 3.08. The third-order valence-electron chi connectivity index (χ3n) is 3.72. The second kappa shape index (κ2) is 6.38. The van der Waals surface area contributed by atoms with Crippen molar-refractivity contribution in [2.24, 2.45) is 5.73 Å². The first-order valence-electron chi connectivity index (χ1n) is 6.58. The molecule has 1 fully saturated rings. The molecule has 2 nitrogen and oxygen atoms in total. The molecule has 100 valence electrons. The predicted octanol–water partition coefficient (Wildman–Crippen LogP) is 3.98. The Morgan fingerprint density at radius 2 is 2.22 bits per heavy atom. The highest BCUT2D eigenvalue weighted by atomic mass is 79.9. The normalized spacial score (nSPS) is 26.0. The maximum absolute atomic E-state index is 6.39. The topological polar surface area (TPSA) is 29.3 Å². The Labute approximate surface area is 123 Å². The Morgan fingerprint density at radius 1 is 1.44 bits per heavy atom. The maximum atomic E-state index is 6.39. The van der Waals surface area contributed by atoms with Gasteiger partial charge in [-0.05, 0) is 43.6 Å². The average molecular weight is 332 g/mol. The minimum Gasteiger partial charge on any atom is -0.326 e. The highest BCUT2D eigenvalue weighted by Gasteiger charge is 2.29. The average Bonchev–Trinajstić information content (AvgIpc) is 2.51. The van der Waals surface area contributed by atoms with E-state index in [2.05, 4.69) is 33.8 Å². The van der Waals surface area contributed by atoms with Crippen LogP contribution in [0.25, 0.3) is 0 Å². The van der Waals surface area contributed by atoms with Crippen molar-refractivity contribution in [2.45, 2.75) is 38.3 Å². The molecule has 0 bridgehead atoms. The molecule has 0 amide bonds. The second-order valence-electron chi connectivity index (χ2n) is 4.90. The molecule has 2 unspecified atom stereocenters. The van der Waals surface area contributed by atoms with E-state index in [0.717, 1.165) is 29.0 Å². The number of benzene rings is 1. The summed E-state index contributed by atoms with van der Waals surface area (Å²) in [4.78, 5) is 2.48. The van der Waals surface area contributed by atoms with Crippen molar-refractivity contribution in [1.82, 2.24) is 4.90 Å². The van der Waals surface area contributed by atoms with E-state index < -0.39 is 0 Å². The molecule has 0 spiro atoms. The minimum atomic E-state index is 0.199. The Bertz CT molecular complexity index is 411. The van der Waals surface area contributed by atoms with Crippen LogP contribution >= 0.6 is 27.5 Å². The number of rotatable bonds is 2. The van der Waals surface area contributed by atoms with E-state index in [4.69, 9.17) is 17.3 Å². The summed E-state index contributed by atoms with van der Waals surface area (Å²) in [6.45, 7) is 4.37. The molecular formula is C14H20BrClN2. The summed E-state index contributed by atoms with van der Waals surface area (Å²) in [5.41, 5.74) is 7.65. The zero-order valence-corrected chi connectivity index (χ0v) is 13.0. The molecule has 18 heavy (non-hydrogen) atoms. The standard InChI is InChI=1S/C14H20BrClN2/c1-2-18-8-4-3-5-13(17)14(18)11-7-6-10(16)9-12(11)15/h6-7,9,13-14H,2-5,8,17H2,1H3. The van der Waals surface area contributed by atoms with Crippen LogP contribution in [0.5, 0.6) is 0 Å². The van der Waals surface area contributed by atoms with Gasteiger partial charge in [-0.15, -0.1) is 0 Å². The van der Waals surface area contributed by atoms with E-state index in [9.17, 15) is 0 Å². The van der Waals surface area contributed by atoms with Crippen molar-refractivity contribution in [3.63, 3.8) is 0 Å². The first kappa shape index (κ1) is 14.3. The molecule has 0 aromatic heterocycles. The molecule has 0 saturated carbocycles. The highest BCUT2D eigenvalue weighted by Crippen LogP contribution is 2.34. The number of hydrogen-bond donors (Lipinski definition) is 1. The Hall–Kier alpha value is -0.0900. The van der Waals surface area contributed by atoms with E-state index in [0.29, 0.717) is 6.04 Å². The van der Waals surface area contributed by atoms with Crippen molar-refractivity contribution >= 4 is 27.5 Å². The summed E-state index contributed by atoms with van der Waals surface area (Å²) >= 11 is 9.65. The molecule has 1 aromatic rings. The van der Waals surface area contributed by atoms with Crippen LogP contribution in [-0.4, -0.2) is 24.0 Å². The quantitative estimate of drug-likeness (QED) is 0.888. The summed E-state index contributed by atoms with van der Waals surface area (Å²) < 4.78 is 1.07. The number of likely N-dealkylation sites (N-methyl/N-ethyl adjacent to an activating group) is 1. The lowest BCUT2D eigenvalue weighted by Crippen LogP contribution is -2.39. The van der Waals surface area contributed by atoms with Crippen LogP contribution in [0.3, 0.4) is 0 Å². The molecule has 1 aliphatic heterocycles. The zero-order chi connectivity index (χ0) is 13.1. The lowest BCUT2D eigenvalue weighted by atomic mass is 9.96. The predicted molar refractivity (Wildman–Crippen MR) is 81.0 cm³/mol. The summed E-state index contributed by atoms with van der Waals surface area (Å²) in [6, 6.07) is 6.51. The fraction of sp³-hybridized carbons (Fsp3) is 0.571. The molecule has 0 aliphatic carbocycles. The minimum absolute atomic E-state index is 0.199. The van der Waals surface area contributed by atoms with Crippen molar-refractivity contribution < 1.29 is 0 Å². The molecule has 1 aliphatic rings. The summed E-state index contributed by atoms with van der Waals surface area (Å²) in [5.74, 6) is 0. The largest absolute Gasteiger partial charge is 0.326 e. The van der Waals surface area contributed by atoms with Gasteiger partial charge in [0.1, 0.15) is 0 Å². The van der Waals surface area contributed by atoms with Gasteiger partial charge in [0.25, 0.3) is 0 Å². The van der Waals surface area contributed by atoms with Gasteiger partial charge >= 0.3 is 0 Å². The second-order valence-corrected chi connectivity index (χ2v) is 6.19. The maximum Gasteiger partial charge on any atom is 0.0510 e. The van der Waals surface area contributed by atoms with Crippen LogP contribution in [0, 0.1) is 0 Å². The molecule has 4 heteroatoms.